The first-order chi connectivity index (χ1) is 13.3. The van der Waals surface area contributed by atoms with Crippen molar-refractivity contribution in [3.63, 3.8) is 0 Å². The summed E-state index contributed by atoms with van der Waals surface area (Å²) in [5, 5.41) is 11.7. The predicted molar refractivity (Wildman–Crippen MR) is 101 cm³/mol. The molecule has 1 N–H and O–H groups in total. The van der Waals surface area contributed by atoms with Crippen molar-refractivity contribution in [2.75, 3.05) is 23.6 Å². The maximum Gasteiger partial charge on any atom is 0.247 e. The van der Waals surface area contributed by atoms with Crippen molar-refractivity contribution in [1.82, 2.24) is 15.2 Å². The normalized spacial score (nSPS) is 14.7. The van der Waals surface area contributed by atoms with Crippen LogP contribution in [0.3, 0.4) is 0 Å². The maximum atomic E-state index is 5.42. The van der Waals surface area contributed by atoms with E-state index in [1.165, 1.54) is 11.1 Å². The molecule has 3 heterocycles. The first kappa shape index (κ1) is 15.9. The molecule has 7 heteroatoms. The van der Waals surface area contributed by atoms with Crippen molar-refractivity contribution < 1.29 is 9.47 Å². The van der Waals surface area contributed by atoms with Crippen LogP contribution in [0.25, 0.3) is 0 Å². The molecule has 0 spiro atoms. The molecule has 0 aliphatic carbocycles. The van der Waals surface area contributed by atoms with Gasteiger partial charge in [-0.25, -0.2) is 0 Å². The van der Waals surface area contributed by atoms with Crippen LogP contribution in [0.4, 0.5) is 11.8 Å². The van der Waals surface area contributed by atoms with E-state index in [4.69, 9.17) is 9.47 Å². The van der Waals surface area contributed by atoms with E-state index in [1.807, 2.05) is 18.2 Å². The lowest BCUT2D eigenvalue weighted by atomic mass is 10.0. The quantitative estimate of drug-likeness (QED) is 0.766. The minimum Gasteiger partial charge on any atom is -0.454 e. The highest BCUT2D eigenvalue weighted by molar-refractivity contribution is 5.47. The van der Waals surface area contributed by atoms with Crippen LogP contribution in [-0.4, -0.2) is 28.5 Å². The summed E-state index contributed by atoms with van der Waals surface area (Å²) < 4.78 is 10.8. The molecule has 1 aromatic heterocycles. The van der Waals surface area contributed by atoms with Gasteiger partial charge in [0.1, 0.15) is 0 Å². The Morgan fingerprint density at radius 1 is 1.04 bits per heavy atom. The van der Waals surface area contributed by atoms with Crippen molar-refractivity contribution in [3.05, 3.63) is 65.4 Å². The minimum absolute atomic E-state index is 0.282. The second-order valence-electron chi connectivity index (χ2n) is 6.62. The van der Waals surface area contributed by atoms with Gasteiger partial charge in [0.05, 0.1) is 6.20 Å². The molecule has 0 saturated heterocycles. The zero-order chi connectivity index (χ0) is 18.1. The summed E-state index contributed by atoms with van der Waals surface area (Å²) in [6.45, 7) is 2.61. The molecule has 0 amide bonds. The van der Waals surface area contributed by atoms with E-state index < -0.39 is 0 Å². The van der Waals surface area contributed by atoms with E-state index in [2.05, 4.69) is 49.7 Å². The zero-order valence-corrected chi connectivity index (χ0v) is 14.8. The van der Waals surface area contributed by atoms with E-state index in [0.29, 0.717) is 18.3 Å². The number of fused-ring (bicyclic) bond motifs is 2. The molecular formula is C20H19N5O2. The number of hydrogen-bond donors (Lipinski definition) is 1. The highest BCUT2D eigenvalue weighted by Crippen LogP contribution is 2.32. The highest BCUT2D eigenvalue weighted by atomic mass is 16.7. The molecule has 2 aliphatic rings. The van der Waals surface area contributed by atoms with Crippen LogP contribution in [0.15, 0.2) is 48.7 Å². The van der Waals surface area contributed by atoms with Gasteiger partial charge in [-0.3, -0.25) is 0 Å². The standard InChI is InChI=1S/C20H19N5O2/c1-2-4-16-12-25(8-7-15(16)3-1)20-23-19(11-22-24-20)21-10-14-5-6-17-18(9-14)27-13-26-17/h1-6,9,11H,7-8,10,12-13H2,(H,21,23,24). The Kier molecular flexibility index (Phi) is 3.97. The summed E-state index contributed by atoms with van der Waals surface area (Å²) in [4.78, 5) is 6.81. The second-order valence-corrected chi connectivity index (χ2v) is 6.62. The molecule has 0 bridgehead atoms. The molecule has 0 radical (unpaired) electrons. The van der Waals surface area contributed by atoms with E-state index in [9.17, 15) is 0 Å². The molecular weight excluding hydrogens is 342 g/mol. The second kappa shape index (κ2) is 6.75. The zero-order valence-electron chi connectivity index (χ0n) is 14.8. The molecule has 7 nitrogen and oxygen atoms in total. The number of nitrogens with zero attached hydrogens (tertiary/aromatic N) is 4. The third-order valence-corrected chi connectivity index (χ3v) is 4.87. The number of nitrogens with one attached hydrogen (secondary N) is 1. The number of rotatable bonds is 4. The predicted octanol–water partition coefficient (Wildman–Crippen LogP) is 2.78. The van der Waals surface area contributed by atoms with Gasteiger partial charge in [-0.2, -0.15) is 10.1 Å². The molecule has 27 heavy (non-hydrogen) atoms. The van der Waals surface area contributed by atoms with Crippen LogP contribution in [0.2, 0.25) is 0 Å². The summed E-state index contributed by atoms with van der Waals surface area (Å²) in [6, 6.07) is 14.4. The van der Waals surface area contributed by atoms with Gasteiger partial charge in [-0.05, 0) is 35.2 Å². The van der Waals surface area contributed by atoms with Crippen molar-refractivity contribution >= 4 is 11.8 Å². The number of benzene rings is 2. The van der Waals surface area contributed by atoms with Gasteiger partial charge in [0.2, 0.25) is 12.7 Å². The Morgan fingerprint density at radius 3 is 2.89 bits per heavy atom. The molecule has 0 fully saturated rings. The first-order valence-electron chi connectivity index (χ1n) is 8.99. The van der Waals surface area contributed by atoms with Gasteiger partial charge in [-0.1, -0.05) is 30.3 Å². The molecule has 5 rings (SSSR count). The molecule has 136 valence electrons. The van der Waals surface area contributed by atoms with Crippen molar-refractivity contribution in [1.29, 1.82) is 0 Å². The number of hydrogen-bond acceptors (Lipinski definition) is 7. The van der Waals surface area contributed by atoms with Crippen molar-refractivity contribution in [2.45, 2.75) is 19.5 Å². The van der Waals surface area contributed by atoms with Gasteiger partial charge in [-0.15, -0.1) is 5.10 Å². The third-order valence-electron chi connectivity index (χ3n) is 4.87. The molecule has 0 unspecified atom stereocenters. The number of ether oxygens (including phenoxy) is 2. The summed E-state index contributed by atoms with van der Waals surface area (Å²) in [5.74, 6) is 2.93. The van der Waals surface area contributed by atoms with Gasteiger partial charge >= 0.3 is 0 Å². The van der Waals surface area contributed by atoms with Crippen LogP contribution in [0, 0.1) is 0 Å². The summed E-state index contributed by atoms with van der Waals surface area (Å²) in [5.41, 5.74) is 3.82. The monoisotopic (exact) mass is 361 g/mol. The Labute approximate surface area is 157 Å². The fourth-order valence-electron chi connectivity index (χ4n) is 3.42. The summed E-state index contributed by atoms with van der Waals surface area (Å²) >= 11 is 0. The van der Waals surface area contributed by atoms with E-state index in [1.54, 1.807) is 6.20 Å². The smallest absolute Gasteiger partial charge is 0.247 e. The lowest BCUT2D eigenvalue weighted by molar-refractivity contribution is 0.174. The van der Waals surface area contributed by atoms with Crippen LogP contribution in [0.1, 0.15) is 16.7 Å². The van der Waals surface area contributed by atoms with Crippen molar-refractivity contribution in [3.8, 4) is 11.5 Å². The van der Waals surface area contributed by atoms with E-state index >= 15 is 0 Å². The summed E-state index contributed by atoms with van der Waals surface area (Å²) in [7, 11) is 0. The fourth-order valence-corrected chi connectivity index (χ4v) is 3.42. The maximum absolute atomic E-state index is 5.42. The third kappa shape index (κ3) is 3.23. The lowest BCUT2D eigenvalue weighted by Gasteiger charge is -2.28. The van der Waals surface area contributed by atoms with Gasteiger partial charge < -0.3 is 19.7 Å². The number of anilines is 2. The molecule has 0 saturated carbocycles. The van der Waals surface area contributed by atoms with Gasteiger partial charge in [0, 0.05) is 19.6 Å². The SMILES string of the molecule is c1ccc2c(c1)CCN(c1nncc(NCc3ccc4c(c3)OCO4)n1)C2. The molecule has 3 aromatic rings. The number of aromatic nitrogens is 3. The topological polar surface area (TPSA) is 72.4 Å². The average molecular weight is 361 g/mol. The lowest BCUT2D eigenvalue weighted by Crippen LogP contribution is -2.32. The molecule has 2 aromatic carbocycles. The largest absolute Gasteiger partial charge is 0.454 e. The molecule has 0 atom stereocenters. The Hall–Kier alpha value is -3.35. The molecule has 2 aliphatic heterocycles. The minimum atomic E-state index is 0.282. The van der Waals surface area contributed by atoms with Crippen LogP contribution < -0.4 is 19.7 Å². The Morgan fingerprint density at radius 2 is 1.93 bits per heavy atom. The van der Waals surface area contributed by atoms with Crippen LogP contribution in [0.5, 0.6) is 11.5 Å². The fraction of sp³-hybridized carbons (Fsp3) is 0.250. The van der Waals surface area contributed by atoms with E-state index in [-0.39, 0.29) is 6.79 Å². The van der Waals surface area contributed by atoms with E-state index in [0.717, 1.165) is 36.6 Å². The Balaban J connectivity index is 1.28. The Bertz CT molecular complexity index is 978. The summed E-state index contributed by atoms with van der Waals surface area (Å²) in [6.07, 6.45) is 2.64. The van der Waals surface area contributed by atoms with Crippen molar-refractivity contribution in [2.24, 2.45) is 0 Å². The van der Waals surface area contributed by atoms with Gasteiger partial charge in [0.15, 0.2) is 17.3 Å². The van der Waals surface area contributed by atoms with Crippen LogP contribution >= 0.6 is 0 Å². The van der Waals surface area contributed by atoms with Crippen LogP contribution in [-0.2, 0) is 19.5 Å². The average Bonchev–Trinajstić information content (AvgIpc) is 3.20. The van der Waals surface area contributed by atoms with Gasteiger partial charge in [0.25, 0.3) is 0 Å². The first-order valence-corrected chi connectivity index (χ1v) is 8.99. The highest BCUT2D eigenvalue weighted by Gasteiger charge is 2.19.